The van der Waals surface area contributed by atoms with Crippen molar-refractivity contribution in [2.45, 2.75) is 6.04 Å². The van der Waals surface area contributed by atoms with E-state index in [2.05, 4.69) is 20.3 Å². The largest absolute Gasteiger partial charge is 0.481 e. The number of carbonyl (C=O) groups excluding carboxylic acids is 2. The molecule has 0 bridgehead atoms. The fourth-order valence-corrected chi connectivity index (χ4v) is 5.43. The molecule has 2 aliphatic heterocycles. The van der Waals surface area contributed by atoms with Crippen LogP contribution in [0.3, 0.4) is 0 Å². The highest BCUT2D eigenvalue weighted by Gasteiger charge is 2.30. The number of fused-ring (bicyclic) bond motifs is 1. The van der Waals surface area contributed by atoms with Crippen molar-refractivity contribution in [2.24, 2.45) is 0 Å². The predicted octanol–water partition coefficient (Wildman–Crippen LogP) is 1.74. The molecule has 224 valence electrons. The number of nitrogens with zero attached hydrogens (tertiary/aromatic N) is 7. The zero-order chi connectivity index (χ0) is 29.9. The van der Waals surface area contributed by atoms with Gasteiger partial charge in [0.05, 0.1) is 38.8 Å². The van der Waals surface area contributed by atoms with E-state index in [-0.39, 0.29) is 18.4 Å². The summed E-state index contributed by atoms with van der Waals surface area (Å²) in [4.78, 5) is 39.7. The van der Waals surface area contributed by atoms with Gasteiger partial charge in [-0.25, -0.2) is 18.9 Å². The first-order chi connectivity index (χ1) is 20.9. The van der Waals surface area contributed by atoms with Crippen molar-refractivity contribution in [3.63, 3.8) is 0 Å². The Morgan fingerprint density at radius 1 is 1.12 bits per heavy atom. The number of hydrogen-bond acceptors (Lipinski definition) is 10. The van der Waals surface area contributed by atoms with E-state index in [1.54, 1.807) is 17.2 Å². The third kappa shape index (κ3) is 5.79. The van der Waals surface area contributed by atoms with Crippen molar-refractivity contribution in [3.05, 3.63) is 71.9 Å². The molecule has 1 unspecified atom stereocenters. The number of halogens is 1. The first-order valence-corrected chi connectivity index (χ1v) is 13.9. The number of methoxy groups -OCH3 is 1. The summed E-state index contributed by atoms with van der Waals surface area (Å²) in [6, 6.07) is 10.2. The zero-order valence-corrected chi connectivity index (χ0v) is 23.5. The molecule has 14 heteroatoms. The van der Waals surface area contributed by atoms with E-state index >= 15 is 0 Å². The summed E-state index contributed by atoms with van der Waals surface area (Å²) in [6.45, 7) is 3.14. The molecule has 4 aromatic rings. The van der Waals surface area contributed by atoms with Crippen LogP contribution >= 0.6 is 0 Å². The van der Waals surface area contributed by atoms with Crippen LogP contribution in [0.2, 0.25) is 0 Å². The number of aliphatic hydroxyl groups is 1. The number of amides is 2. The number of anilines is 3. The maximum Gasteiger partial charge on any atom is 0.261 e. The van der Waals surface area contributed by atoms with E-state index in [4.69, 9.17) is 19.6 Å². The minimum absolute atomic E-state index is 0.263. The number of aromatic nitrogens is 4. The van der Waals surface area contributed by atoms with Crippen LogP contribution in [0.1, 0.15) is 22.0 Å². The molecule has 5 heterocycles. The lowest BCUT2D eigenvalue weighted by Gasteiger charge is -2.37. The maximum atomic E-state index is 14.2. The van der Waals surface area contributed by atoms with Gasteiger partial charge in [-0.2, -0.15) is 5.10 Å². The smallest absolute Gasteiger partial charge is 0.261 e. The Bertz CT molecular complexity index is 1620. The van der Waals surface area contributed by atoms with Crippen molar-refractivity contribution < 1.29 is 28.6 Å². The summed E-state index contributed by atoms with van der Waals surface area (Å²) in [7, 11) is 1.48. The van der Waals surface area contributed by atoms with Crippen molar-refractivity contribution in [1.82, 2.24) is 24.5 Å². The van der Waals surface area contributed by atoms with Gasteiger partial charge in [0, 0.05) is 55.9 Å². The average molecular weight is 591 g/mol. The van der Waals surface area contributed by atoms with Crippen LogP contribution in [-0.4, -0.2) is 101 Å². The van der Waals surface area contributed by atoms with Crippen LogP contribution in [0.4, 0.5) is 21.6 Å². The van der Waals surface area contributed by atoms with Gasteiger partial charge < -0.3 is 34.6 Å². The standard InChI is InChI=1S/C29H31FN8O5/c1-42-29-22(14-19(30)15-31-29)24-18-43-13-12-37(24)25-6-7-38-27(34-25)23(16-32-38)28(41)33-20-2-4-21(5-3-20)35-8-10-36(11-9-35)26(40)17-39/h2-7,14-16,24,39H,8-13,17-18H2,1H3,(H,33,41). The first kappa shape index (κ1) is 28.3. The lowest BCUT2D eigenvalue weighted by Crippen LogP contribution is -2.49. The van der Waals surface area contributed by atoms with Crippen molar-refractivity contribution in [3.8, 4) is 5.88 Å². The van der Waals surface area contributed by atoms with Crippen molar-refractivity contribution >= 4 is 34.7 Å². The minimum atomic E-state index is -0.482. The molecule has 0 spiro atoms. The third-order valence-corrected chi connectivity index (χ3v) is 7.68. The van der Waals surface area contributed by atoms with Crippen LogP contribution in [0.25, 0.3) is 5.65 Å². The molecule has 1 aromatic carbocycles. The molecule has 2 amide bonds. The SMILES string of the molecule is COc1ncc(F)cc1C1COCCN1c1ccn2ncc(C(=O)Nc3ccc(N4CCN(C(=O)CO)CC4)cc3)c2n1. The van der Waals surface area contributed by atoms with Crippen LogP contribution in [0, 0.1) is 5.82 Å². The molecule has 13 nitrogen and oxygen atoms in total. The molecule has 2 saturated heterocycles. The number of rotatable bonds is 7. The Morgan fingerprint density at radius 3 is 2.65 bits per heavy atom. The van der Waals surface area contributed by atoms with E-state index in [1.807, 2.05) is 29.2 Å². The van der Waals surface area contributed by atoms with Gasteiger partial charge in [0.2, 0.25) is 11.8 Å². The van der Waals surface area contributed by atoms with E-state index < -0.39 is 18.5 Å². The molecule has 0 aliphatic carbocycles. The molecule has 0 radical (unpaired) electrons. The summed E-state index contributed by atoms with van der Waals surface area (Å²) < 4.78 is 26.8. The minimum Gasteiger partial charge on any atom is -0.481 e. The van der Waals surface area contributed by atoms with Crippen LogP contribution in [-0.2, 0) is 9.53 Å². The second-order valence-electron chi connectivity index (χ2n) is 10.2. The molecular formula is C29H31FN8O5. The molecule has 2 aliphatic rings. The van der Waals surface area contributed by atoms with Gasteiger partial charge in [-0.1, -0.05) is 0 Å². The second kappa shape index (κ2) is 12.2. The lowest BCUT2D eigenvalue weighted by molar-refractivity contribution is -0.134. The number of benzene rings is 1. The van der Waals surface area contributed by atoms with E-state index in [9.17, 15) is 14.0 Å². The monoisotopic (exact) mass is 590 g/mol. The van der Waals surface area contributed by atoms with Gasteiger partial charge in [0.15, 0.2) is 5.65 Å². The topological polar surface area (TPSA) is 138 Å². The Hall–Kier alpha value is -4.82. The molecule has 0 saturated carbocycles. The van der Waals surface area contributed by atoms with Gasteiger partial charge in [-0.15, -0.1) is 0 Å². The highest BCUT2D eigenvalue weighted by Crippen LogP contribution is 2.34. The number of piperazine rings is 1. The summed E-state index contributed by atoms with van der Waals surface area (Å²) in [5, 5.41) is 16.3. The summed E-state index contributed by atoms with van der Waals surface area (Å²) in [5.41, 5.74) is 2.79. The van der Waals surface area contributed by atoms with E-state index in [0.29, 0.717) is 73.5 Å². The molecule has 43 heavy (non-hydrogen) atoms. The number of aliphatic hydroxyl groups excluding tert-OH is 1. The summed E-state index contributed by atoms with van der Waals surface area (Å²) in [6.07, 6.45) is 4.31. The fraction of sp³-hybridized carbons (Fsp3) is 0.345. The normalized spacial score (nSPS) is 17.3. The maximum absolute atomic E-state index is 14.2. The number of ether oxygens (including phenoxy) is 2. The van der Waals surface area contributed by atoms with Crippen LogP contribution in [0.15, 0.2) is 55.0 Å². The Balaban J connectivity index is 1.19. The van der Waals surface area contributed by atoms with E-state index in [1.165, 1.54) is 23.9 Å². The second-order valence-corrected chi connectivity index (χ2v) is 10.2. The fourth-order valence-electron chi connectivity index (χ4n) is 5.43. The van der Waals surface area contributed by atoms with Crippen LogP contribution in [0.5, 0.6) is 5.88 Å². The molecule has 3 aromatic heterocycles. The highest BCUT2D eigenvalue weighted by molar-refractivity contribution is 6.08. The number of hydrogen-bond donors (Lipinski definition) is 2. The number of nitrogens with one attached hydrogen (secondary N) is 1. The Morgan fingerprint density at radius 2 is 1.91 bits per heavy atom. The lowest BCUT2D eigenvalue weighted by atomic mass is 10.1. The Kier molecular flexibility index (Phi) is 8.03. The molecular weight excluding hydrogens is 559 g/mol. The van der Waals surface area contributed by atoms with E-state index in [0.717, 1.165) is 11.9 Å². The van der Waals surface area contributed by atoms with Gasteiger partial charge in [-0.3, -0.25) is 9.59 Å². The highest BCUT2D eigenvalue weighted by atomic mass is 19.1. The van der Waals surface area contributed by atoms with Crippen LogP contribution < -0.4 is 19.9 Å². The summed E-state index contributed by atoms with van der Waals surface area (Å²) >= 11 is 0. The third-order valence-electron chi connectivity index (χ3n) is 7.68. The Labute approximate surface area is 246 Å². The molecule has 1 atom stereocenters. The van der Waals surface area contributed by atoms with Gasteiger partial charge in [0.25, 0.3) is 5.91 Å². The quantitative estimate of drug-likeness (QED) is 0.327. The molecule has 2 fully saturated rings. The number of pyridine rings is 1. The molecule has 6 rings (SSSR count). The first-order valence-electron chi connectivity index (χ1n) is 13.9. The number of morpholine rings is 1. The van der Waals surface area contributed by atoms with Gasteiger partial charge >= 0.3 is 0 Å². The zero-order valence-electron chi connectivity index (χ0n) is 23.5. The average Bonchev–Trinajstić information content (AvgIpc) is 3.48. The van der Waals surface area contributed by atoms with Crippen molar-refractivity contribution in [1.29, 1.82) is 0 Å². The molecule has 2 N–H and O–H groups in total. The summed E-state index contributed by atoms with van der Waals surface area (Å²) in [5.74, 6) is -0.229. The van der Waals surface area contributed by atoms with Gasteiger partial charge in [-0.05, 0) is 36.4 Å². The van der Waals surface area contributed by atoms with Crippen molar-refractivity contribution in [2.75, 3.05) is 74.8 Å². The predicted molar refractivity (Wildman–Crippen MR) is 155 cm³/mol. The number of carbonyl (C=O) groups is 2. The van der Waals surface area contributed by atoms with Gasteiger partial charge in [0.1, 0.15) is 23.8 Å².